The summed E-state index contributed by atoms with van der Waals surface area (Å²) in [6.45, 7) is 0. The highest BCUT2D eigenvalue weighted by Gasteiger charge is 2.33. The molecule has 2 N–H and O–H groups in total. The van der Waals surface area contributed by atoms with Crippen LogP contribution in [-0.2, 0) is 5.54 Å². The van der Waals surface area contributed by atoms with E-state index in [0.717, 1.165) is 18.5 Å². The fourth-order valence-electron chi connectivity index (χ4n) is 2.15. The number of hydrogen-bond donors (Lipinski definition) is 1. The molecular weight excluding hydrogens is 200 g/mol. The predicted molar refractivity (Wildman–Crippen MR) is 61.1 cm³/mol. The summed E-state index contributed by atoms with van der Waals surface area (Å²) in [5, 5.41) is 7.57. The maximum absolute atomic E-state index is 6.26. The van der Waals surface area contributed by atoms with Gasteiger partial charge in [0.05, 0.1) is 0 Å². The van der Waals surface area contributed by atoms with Crippen LogP contribution in [0.3, 0.4) is 0 Å². The zero-order valence-electron chi connectivity index (χ0n) is 9.00. The Hall–Kier alpha value is -1.68. The summed E-state index contributed by atoms with van der Waals surface area (Å²) in [7, 11) is 0. The average Bonchev–Trinajstić information content (AvgIpc) is 2.80. The van der Waals surface area contributed by atoms with Gasteiger partial charge in [0.15, 0.2) is 0 Å². The SMILES string of the molecule is NC1(c2ccc(-n3cnnc3)cc2)CCC1. The Labute approximate surface area is 94.1 Å². The van der Waals surface area contributed by atoms with Crippen molar-refractivity contribution in [3.63, 3.8) is 0 Å². The van der Waals surface area contributed by atoms with Crippen molar-refractivity contribution in [2.24, 2.45) is 5.73 Å². The molecule has 1 aromatic heterocycles. The molecule has 82 valence electrons. The molecule has 1 aromatic carbocycles. The van der Waals surface area contributed by atoms with E-state index in [9.17, 15) is 0 Å². The van der Waals surface area contributed by atoms with Crippen LogP contribution in [0.5, 0.6) is 0 Å². The smallest absolute Gasteiger partial charge is 0.123 e. The van der Waals surface area contributed by atoms with Crippen LogP contribution in [0.2, 0.25) is 0 Å². The third-order valence-corrected chi connectivity index (χ3v) is 3.40. The fraction of sp³-hybridized carbons (Fsp3) is 0.333. The highest BCUT2D eigenvalue weighted by molar-refractivity contribution is 5.37. The van der Waals surface area contributed by atoms with Crippen LogP contribution >= 0.6 is 0 Å². The minimum atomic E-state index is -0.0777. The molecule has 0 saturated heterocycles. The average molecular weight is 214 g/mol. The zero-order chi connectivity index (χ0) is 11.0. The molecule has 0 bridgehead atoms. The minimum absolute atomic E-state index is 0.0777. The standard InChI is InChI=1S/C12H14N4/c13-12(6-1-7-12)10-2-4-11(5-3-10)16-8-14-15-9-16/h2-5,8-9H,1,6-7,13H2. The number of rotatable bonds is 2. The molecule has 0 radical (unpaired) electrons. The van der Waals surface area contributed by atoms with E-state index in [4.69, 9.17) is 5.73 Å². The Morgan fingerprint density at radius 2 is 1.69 bits per heavy atom. The molecule has 0 spiro atoms. The predicted octanol–water partition coefficient (Wildman–Crippen LogP) is 1.61. The summed E-state index contributed by atoms with van der Waals surface area (Å²) in [6.07, 6.45) is 6.81. The minimum Gasteiger partial charge on any atom is -0.321 e. The third kappa shape index (κ3) is 1.42. The summed E-state index contributed by atoms with van der Waals surface area (Å²) < 4.78 is 1.88. The first kappa shape index (κ1) is 9.54. The van der Waals surface area contributed by atoms with Crippen LogP contribution in [-0.4, -0.2) is 14.8 Å². The molecular formula is C12H14N4. The van der Waals surface area contributed by atoms with Gasteiger partial charge in [0, 0.05) is 11.2 Å². The van der Waals surface area contributed by atoms with E-state index in [0.29, 0.717) is 0 Å². The summed E-state index contributed by atoms with van der Waals surface area (Å²) >= 11 is 0. The molecule has 2 aromatic rings. The van der Waals surface area contributed by atoms with Crippen molar-refractivity contribution in [2.75, 3.05) is 0 Å². The van der Waals surface area contributed by atoms with Gasteiger partial charge in [-0.1, -0.05) is 12.1 Å². The van der Waals surface area contributed by atoms with Gasteiger partial charge in [0.2, 0.25) is 0 Å². The number of aromatic nitrogens is 3. The van der Waals surface area contributed by atoms with Crippen molar-refractivity contribution < 1.29 is 0 Å². The summed E-state index contributed by atoms with van der Waals surface area (Å²) in [4.78, 5) is 0. The van der Waals surface area contributed by atoms with Gasteiger partial charge in [-0.2, -0.15) is 0 Å². The monoisotopic (exact) mass is 214 g/mol. The molecule has 16 heavy (non-hydrogen) atoms. The highest BCUT2D eigenvalue weighted by atomic mass is 15.2. The summed E-state index contributed by atoms with van der Waals surface area (Å²) in [6, 6.07) is 8.33. The van der Waals surface area contributed by atoms with Crippen LogP contribution in [0.15, 0.2) is 36.9 Å². The number of hydrogen-bond acceptors (Lipinski definition) is 3. The van der Waals surface area contributed by atoms with E-state index in [-0.39, 0.29) is 5.54 Å². The second-order valence-corrected chi connectivity index (χ2v) is 4.43. The Kier molecular flexibility index (Phi) is 2.04. The normalized spacial score (nSPS) is 18.1. The van der Waals surface area contributed by atoms with Crippen molar-refractivity contribution in [3.8, 4) is 5.69 Å². The molecule has 1 saturated carbocycles. The molecule has 0 aliphatic heterocycles. The van der Waals surface area contributed by atoms with Crippen LogP contribution in [0.1, 0.15) is 24.8 Å². The summed E-state index contributed by atoms with van der Waals surface area (Å²) in [5.41, 5.74) is 8.48. The van der Waals surface area contributed by atoms with Crippen LogP contribution in [0.25, 0.3) is 5.69 Å². The van der Waals surface area contributed by atoms with Crippen molar-refractivity contribution in [3.05, 3.63) is 42.5 Å². The van der Waals surface area contributed by atoms with Crippen LogP contribution < -0.4 is 5.73 Å². The zero-order valence-corrected chi connectivity index (χ0v) is 9.00. The molecule has 1 aliphatic rings. The summed E-state index contributed by atoms with van der Waals surface area (Å²) in [5.74, 6) is 0. The quantitative estimate of drug-likeness (QED) is 0.826. The van der Waals surface area contributed by atoms with Gasteiger partial charge in [0.1, 0.15) is 12.7 Å². The first-order valence-electron chi connectivity index (χ1n) is 5.52. The molecule has 1 aliphatic carbocycles. The van der Waals surface area contributed by atoms with Gasteiger partial charge in [-0.05, 0) is 37.0 Å². The lowest BCUT2D eigenvalue weighted by Crippen LogP contribution is -2.43. The van der Waals surface area contributed by atoms with E-state index in [1.807, 2.05) is 4.57 Å². The molecule has 4 nitrogen and oxygen atoms in total. The van der Waals surface area contributed by atoms with E-state index in [1.54, 1.807) is 12.7 Å². The van der Waals surface area contributed by atoms with Crippen molar-refractivity contribution in [2.45, 2.75) is 24.8 Å². The first-order chi connectivity index (χ1) is 7.78. The molecule has 3 rings (SSSR count). The molecule has 4 heteroatoms. The van der Waals surface area contributed by atoms with Crippen LogP contribution in [0.4, 0.5) is 0 Å². The van der Waals surface area contributed by atoms with E-state index in [1.165, 1.54) is 12.0 Å². The molecule has 0 amide bonds. The first-order valence-corrected chi connectivity index (χ1v) is 5.52. The van der Waals surface area contributed by atoms with Gasteiger partial charge < -0.3 is 5.73 Å². The second kappa shape index (κ2) is 3.42. The molecule has 1 heterocycles. The van der Waals surface area contributed by atoms with Crippen molar-refractivity contribution in [1.29, 1.82) is 0 Å². The Bertz CT molecular complexity index is 468. The lowest BCUT2D eigenvalue weighted by atomic mass is 9.73. The van der Waals surface area contributed by atoms with Crippen molar-refractivity contribution in [1.82, 2.24) is 14.8 Å². The van der Waals surface area contributed by atoms with Gasteiger partial charge in [-0.3, -0.25) is 4.57 Å². The van der Waals surface area contributed by atoms with Crippen molar-refractivity contribution >= 4 is 0 Å². The number of benzene rings is 1. The Morgan fingerprint density at radius 3 is 2.19 bits per heavy atom. The molecule has 1 fully saturated rings. The van der Waals surface area contributed by atoms with E-state index < -0.39 is 0 Å². The molecule has 0 atom stereocenters. The van der Waals surface area contributed by atoms with Gasteiger partial charge in [-0.25, -0.2) is 0 Å². The topological polar surface area (TPSA) is 56.7 Å². The van der Waals surface area contributed by atoms with Crippen LogP contribution in [0, 0.1) is 0 Å². The Balaban J connectivity index is 1.91. The number of nitrogens with zero attached hydrogens (tertiary/aromatic N) is 3. The maximum atomic E-state index is 6.26. The Morgan fingerprint density at radius 1 is 1.06 bits per heavy atom. The van der Waals surface area contributed by atoms with Gasteiger partial charge in [0.25, 0.3) is 0 Å². The van der Waals surface area contributed by atoms with Gasteiger partial charge in [-0.15, -0.1) is 10.2 Å². The van der Waals surface area contributed by atoms with Gasteiger partial charge >= 0.3 is 0 Å². The highest BCUT2D eigenvalue weighted by Crippen LogP contribution is 2.38. The molecule has 0 unspecified atom stereocenters. The third-order valence-electron chi connectivity index (χ3n) is 3.40. The second-order valence-electron chi connectivity index (χ2n) is 4.43. The largest absolute Gasteiger partial charge is 0.321 e. The van der Waals surface area contributed by atoms with E-state index in [2.05, 4.69) is 34.5 Å². The lowest BCUT2D eigenvalue weighted by molar-refractivity contribution is 0.253. The number of nitrogens with two attached hydrogens (primary N) is 1. The van der Waals surface area contributed by atoms with E-state index >= 15 is 0 Å². The lowest BCUT2D eigenvalue weighted by Gasteiger charge is -2.38. The maximum Gasteiger partial charge on any atom is 0.123 e. The fourth-order valence-corrected chi connectivity index (χ4v) is 2.15.